The lowest BCUT2D eigenvalue weighted by atomic mass is 9.99. The van der Waals surface area contributed by atoms with Gasteiger partial charge in [-0.25, -0.2) is 0 Å². The van der Waals surface area contributed by atoms with Gasteiger partial charge in [-0.2, -0.15) is 0 Å². The number of hydrogen-bond acceptors (Lipinski definition) is 3. The van der Waals surface area contributed by atoms with E-state index in [1.165, 1.54) is 10.4 Å². The standard InChI is InChI=1S/C13H19NO2S/c1-10-5-8-17-12(10)9-14(2)13(15)11-3-6-16-7-4-11/h5,8,11H,3-4,6-7,9H2,1-2H3. The van der Waals surface area contributed by atoms with E-state index in [4.69, 9.17) is 4.74 Å². The number of carbonyl (C=O) groups is 1. The average molecular weight is 253 g/mol. The van der Waals surface area contributed by atoms with Gasteiger partial charge in [0.15, 0.2) is 0 Å². The first-order valence-electron chi connectivity index (χ1n) is 6.04. The molecular weight excluding hydrogens is 234 g/mol. The van der Waals surface area contributed by atoms with Crippen LogP contribution in [0.25, 0.3) is 0 Å². The van der Waals surface area contributed by atoms with E-state index in [1.54, 1.807) is 11.3 Å². The predicted molar refractivity (Wildman–Crippen MR) is 69.1 cm³/mol. The van der Waals surface area contributed by atoms with E-state index in [9.17, 15) is 4.79 Å². The normalized spacial score (nSPS) is 17.1. The molecule has 4 heteroatoms. The van der Waals surface area contributed by atoms with E-state index in [0.717, 1.165) is 32.6 Å². The zero-order valence-corrected chi connectivity index (χ0v) is 11.3. The van der Waals surface area contributed by atoms with Crippen molar-refractivity contribution in [1.82, 2.24) is 4.90 Å². The first-order chi connectivity index (χ1) is 8.18. The summed E-state index contributed by atoms with van der Waals surface area (Å²) in [5.74, 6) is 0.426. The molecule has 1 amide bonds. The van der Waals surface area contributed by atoms with Gasteiger partial charge in [-0.15, -0.1) is 11.3 Å². The SMILES string of the molecule is Cc1ccsc1CN(C)C(=O)C1CCOCC1. The number of hydrogen-bond donors (Lipinski definition) is 0. The number of aryl methyl sites for hydroxylation is 1. The second-order valence-electron chi connectivity index (χ2n) is 4.61. The van der Waals surface area contributed by atoms with Gasteiger partial charge in [0, 0.05) is 31.1 Å². The number of nitrogens with zero attached hydrogens (tertiary/aromatic N) is 1. The monoisotopic (exact) mass is 253 g/mol. The topological polar surface area (TPSA) is 29.5 Å². The van der Waals surface area contributed by atoms with Gasteiger partial charge in [0.1, 0.15) is 0 Å². The first-order valence-corrected chi connectivity index (χ1v) is 6.92. The molecule has 1 aromatic heterocycles. The summed E-state index contributed by atoms with van der Waals surface area (Å²) < 4.78 is 5.29. The Bertz CT molecular complexity index is 383. The van der Waals surface area contributed by atoms with E-state index >= 15 is 0 Å². The fraction of sp³-hybridized carbons (Fsp3) is 0.615. The van der Waals surface area contributed by atoms with Crippen LogP contribution in [-0.2, 0) is 16.1 Å². The number of rotatable bonds is 3. The van der Waals surface area contributed by atoms with Crippen molar-refractivity contribution in [2.45, 2.75) is 26.3 Å². The minimum Gasteiger partial charge on any atom is -0.381 e. The summed E-state index contributed by atoms with van der Waals surface area (Å²) in [6.45, 7) is 4.28. The minimum absolute atomic E-state index is 0.161. The smallest absolute Gasteiger partial charge is 0.225 e. The molecule has 17 heavy (non-hydrogen) atoms. The summed E-state index contributed by atoms with van der Waals surface area (Å²) >= 11 is 1.72. The van der Waals surface area contributed by atoms with Crippen LogP contribution in [0.1, 0.15) is 23.3 Å². The number of ether oxygens (including phenoxy) is 1. The summed E-state index contributed by atoms with van der Waals surface area (Å²) in [4.78, 5) is 15.4. The van der Waals surface area contributed by atoms with Crippen molar-refractivity contribution >= 4 is 17.2 Å². The van der Waals surface area contributed by atoms with E-state index in [1.807, 2.05) is 11.9 Å². The van der Waals surface area contributed by atoms with E-state index in [0.29, 0.717) is 0 Å². The van der Waals surface area contributed by atoms with Crippen LogP contribution in [0, 0.1) is 12.8 Å². The molecule has 0 bridgehead atoms. The zero-order chi connectivity index (χ0) is 12.3. The maximum absolute atomic E-state index is 12.2. The summed E-state index contributed by atoms with van der Waals surface area (Å²) in [5, 5.41) is 2.08. The molecule has 2 rings (SSSR count). The van der Waals surface area contributed by atoms with E-state index in [2.05, 4.69) is 18.4 Å². The molecule has 1 aromatic rings. The van der Waals surface area contributed by atoms with Crippen molar-refractivity contribution in [3.8, 4) is 0 Å². The molecule has 0 aliphatic carbocycles. The van der Waals surface area contributed by atoms with Gasteiger partial charge in [-0.05, 0) is 36.8 Å². The highest BCUT2D eigenvalue weighted by Crippen LogP contribution is 2.21. The lowest BCUT2D eigenvalue weighted by molar-refractivity contribution is -0.137. The van der Waals surface area contributed by atoms with Crippen LogP contribution in [0.2, 0.25) is 0 Å². The van der Waals surface area contributed by atoms with Crippen molar-refractivity contribution in [3.05, 3.63) is 21.9 Å². The molecule has 0 N–H and O–H groups in total. The van der Waals surface area contributed by atoms with Crippen molar-refractivity contribution in [1.29, 1.82) is 0 Å². The summed E-state index contributed by atoms with van der Waals surface area (Å²) in [7, 11) is 1.90. The van der Waals surface area contributed by atoms with Crippen LogP contribution < -0.4 is 0 Å². The maximum Gasteiger partial charge on any atom is 0.225 e. The van der Waals surface area contributed by atoms with Gasteiger partial charge in [0.2, 0.25) is 5.91 Å². The Morgan fingerprint density at radius 2 is 2.24 bits per heavy atom. The number of amides is 1. The van der Waals surface area contributed by atoms with Gasteiger partial charge >= 0.3 is 0 Å². The van der Waals surface area contributed by atoms with Crippen molar-refractivity contribution in [2.24, 2.45) is 5.92 Å². The largest absolute Gasteiger partial charge is 0.381 e. The quantitative estimate of drug-likeness (QED) is 0.828. The van der Waals surface area contributed by atoms with Gasteiger partial charge in [0.05, 0.1) is 6.54 Å². The van der Waals surface area contributed by atoms with Gasteiger partial charge in [-0.1, -0.05) is 0 Å². The fourth-order valence-corrected chi connectivity index (χ4v) is 3.07. The first kappa shape index (κ1) is 12.6. The Balaban J connectivity index is 1.93. The molecule has 94 valence electrons. The molecule has 1 aliphatic rings. The highest BCUT2D eigenvalue weighted by molar-refractivity contribution is 7.10. The highest BCUT2D eigenvalue weighted by Gasteiger charge is 2.24. The molecule has 2 heterocycles. The van der Waals surface area contributed by atoms with Crippen LogP contribution in [0.15, 0.2) is 11.4 Å². The summed E-state index contributed by atoms with van der Waals surface area (Å²) in [5.41, 5.74) is 1.28. The molecule has 1 fully saturated rings. The fourth-order valence-electron chi connectivity index (χ4n) is 2.12. The van der Waals surface area contributed by atoms with Crippen molar-refractivity contribution in [3.63, 3.8) is 0 Å². The third-order valence-electron chi connectivity index (χ3n) is 3.30. The summed E-state index contributed by atoms with van der Waals surface area (Å²) in [6.07, 6.45) is 1.74. The highest BCUT2D eigenvalue weighted by atomic mass is 32.1. The molecule has 0 saturated carbocycles. The molecule has 0 atom stereocenters. The van der Waals surface area contributed by atoms with E-state index < -0.39 is 0 Å². The molecule has 3 nitrogen and oxygen atoms in total. The molecule has 0 aromatic carbocycles. The number of thiophene rings is 1. The Morgan fingerprint density at radius 1 is 1.53 bits per heavy atom. The minimum atomic E-state index is 0.161. The molecule has 1 saturated heterocycles. The van der Waals surface area contributed by atoms with E-state index in [-0.39, 0.29) is 11.8 Å². The van der Waals surface area contributed by atoms with Gasteiger partial charge < -0.3 is 9.64 Å². The third-order valence-corrected chi connectivity index (χ3v) is 4.30. The molecule has 0 spiro atoms. The second kappa shape index (κ2) is 5.65. The Morgan fingerprint density at radius 3 is 2.82 bits per heavy atom. The second-order valence-corrected chi connectivity index (χ2v) is 5.61. The Hall–Kier alpha value is -0.870. The Labute approximate surface area is 106 Å². The van der Waals surface area contributed by atoms with Crippen LogP contribution in [0.3, 0.4) is 0 Å². The van der Waals surface area contributed by atoms with Crippen LogP contribution >= 0.6 is 11.3 Å². The third kappa shape index (κ3) is 3.07. The predicted octanol–water partition coefficient (Wildman–Crippen LogP) is 2.44. The molecule has 0 radical (unpaired) electrons. The Kier molecular flexibility index (Phi) is 4.18. The summed E-state index contributed by atoms with van der Waals surface area (Å²) in [6, 6.07) is 2.10. The van der Waals surface area contributed by atoms with Crippen LogP contribution in [-0.4, -0.2) is 31.1 Å². The molecular formula is C13H19NO2S. The van der Waals surface area contributed by atoms with Gasteiger partial charge in [0.25, 0.3) is 0 Å². The molecule has 0 unspecified atom stereocenters. The van der Waals surface area contributed by atoms with Crippen molar-refractivity contribution < 1.29 is 9.53 Å². The zero-order valence-electron chi connectivity index (χ0n) is 10.4. The maximum atomic E-state index is 12.2. The average Bonchev–Trinajstić information content (AvgIpc) is 2.75. The van der Waals surface area contributed by atoms with Crippen LogP contribution in [0.5, 0.6) is 0 Å². The lowest BCUT2D eigenvalue weighted by Gasteiger charge is -2.26. The van der Waals surface area contributed by atoms with Gasteiger partial charge in [-0.3, -0.25) is 4.79 Å². The lowest BCUT2D eigenvalue weighted by Crippen LogP contribution is -2.35. The number of carbonyl (C=O) groups excluding carboxylic acids is 1. The van der Waals surface area contributed by atoms with Crippen LogP contribution in [0.4, 0.5) is 0 Å². The van der Waals surface area contributed by atoms with Crippen molar-refractivity contribution in [2.75, 3.05) is 20.3 Å². The molecule has 1 aliphatic heterocycles.